The number of carboxylic acid groups (broad SMARTS) is 1. The molecule has 0 heterocycles. The van der Waals surface area contributed by atoms with Crippen molar-refractivity contribution in [3.63, 3.8) is 0 Å². The van der Waals surface area contributed by atoms with Gasteiger partial charge in [0.25, 0.3) is 5.69 Å². The number of halogens is 1. The Morgan fingerprint density at radius 3 is 2.68 bits per heavy atom. The van der Waals surface area contributed by atoms with E-state index in [1.165, 1.54) is 14.0 Å². The maximum Gasteiger partial charge on any atom is 0.327 e. The van der Waals surface area contributed by atoms with E-state index in [9.17, 15) is 19.3 Å². The van der Waals surface area contributed by atoms with E-state index in [1.54, 1.807) is 0 Å². The Hall–Kier alpha value is -2.22. The van der Waals surface area contributed by atoms with Crippen LogP contribution in [0.2, 0.25) is 0 Å². The molecule has 0 aromatic heterocycles. The molecule has 19 heavy (non-hydrogen) atoms. The summed E-state index contributed by atoms with van der Waals surface area (Å²) in [7, 11) is 1.43. The van der Waals surface area contributed by atoms with Crippen LogP contribution in [0.1, 0.15) is 6.92 Å². The zero-order valence-corrected chi connectivity index (χ0v) is 10.3. The van der Waals surface area contributed by atoms with E-state index in [1.807, 2.05) is 0 Å². The highest BCUT2D eigenvalue weighted by molar-refractivity contribution is 5.78. The van der Waals surface area contributed by atoms with Crippen molar-refractivity contribution in [2.75, 3.05) is 13.7 Å². The zero-order chi connectivity index (χ0) is 14.6. The molecule has 0 fully saturated rings. The molecule has 1 rings (SSSR count). The van der Waals surface area contributed by atoms with Crippen LogP contribution in [0.15, 0.2) is 18.2 Å². The first-order chi connectivity index (χ1) is 8.80. The Kier molecular flexibility index (Phi) is 4.38. The molecule has 0 aliphatic carbocycles. The quantitative estimate of drug-likeness (QED) is 0.595. The molecular weight excluding hydrogens is 259 g/mol. The first-order valence-corrected chi connectivity index (χ1v) is 5.29. The fourth-order valence-electron chi connectivity index (χ4n) is 1.18. The van der Waals surface area contributed by atoms with Crippen LogP contribution in [0.5, 0.6) is 5.75 Å². The summed E-state index contributed by atoms with van der Waals surface area (Å²) in [6.45, 7) is 1.05. The average molecular weight is 272 g/mol. The highest BCUT2D eigenvalue weighted by Crippen LogP contribution is 2.23. The number of non-ortho nitro benzene ring substituents is 1. The molecule has 0 radical (unpaired) electrons. The molecule has 0 saturated carbocycles. The van der Waals surface area contributed by atoms with Crippen molar-refractivity contribution in [1.29, 1.82) is 0 Å². The second kappa shape index (κ2) is 5.61. The molecule has 0 spiro atoms. The fraction of sp³-hybridized carbons (Fsp3) is 0.364. The van der Waals surface area contributed by atoms with E-state index in [0.717, 1.165) is 12.1 Å². The van der Waals surface area contributed by atoms with Crippen molar-refractivity contribution in [2.24, 2.45) is 0 Å². The van der Waals surface area contributed by atoms with Gasteiger partial charge in [-0.3, -0.25) is 14.9 Å². The van der Waals surface area contributed by atoms with E-state index >= 15 is 0 Å². The summed E-state index contributed by atoms with van der Waals surface area (Å²) in [6, 6.07) is 2.88. The van der Waals surface area contributed by atoms with Crippen molar-refractivity contribution in [1.82, 2.24) is 5.32 Å². The Balaban J connectivity index is 2.84. The van der Waals surface area contributed by atoms with Gasteiger partial charge in [-0.2, -0.15) is 0 Å². The minimum absolute atomic E-state index is 0.242. The van der Waals surface area contributed by atoms with Crippen LogP contribution in [0.4, 0.5) is 10.1 Å². The van der Waals surface area contributed by atoms with Crippen LogP contribution < -0.4 is 10.1 Å². The molecule has 7 nitrogen and oxygen atoms in total. The normalized spacial score (nSPS) is 13.6. The van der Waals surface area contributed by atoms with Crippen LogP contribution in [0.3, 0.4) is 0 Å². The second-order valence-corrected chi connectivity index (χ2v) is 4.05. The van der Waals surface area contributed by atoms with Gasteiger partial charge in [0.1, 0.15) is 12.1 Å². The van der Waals surface area contributed by atoms with E-state index in [-0.39, 0.29) is 12.4 Å². The molecule has 0 amide bonds. The molecule has 0 aliphatic heterocycles. The number of hydrogen-bond donors (Lipinski definition) is 2. The minimum Gasteiger partial charge on any atom is -0.488 e. The minimum atomic E-state index is -1.38. The molecule has 0 bridgehead atoms. The molecule has 0 aliphatic rings. The van der Waals surface area contributed by atoms with Gasteiger partial charge in [0, 0.05) is 6.07 Å². The van der Waals surface area contributed by atoms with Crippen LogP contribution in [0.25, 0.3) is 0 Å². The number of benzene rings is 1. The maximum absolute atomic E-state index is 13.5. The largest absolute Gasteiger partial charge is 0.488 e. The van der Waals surface area contributed by atoms with Crippen molar-refractivity contribution < 1.29 is 24.0 Å². The molecule has 1 atom stereocenters. The Morgan fingerprint density at radius 2 is 2.26 bits per heavy atom. The molecule has 2 N–H and O–H groups in total. The summed E-state index contributed by atoms with van der Waals surface area (Å²) >= 11 is 0. The molecule has 8 heteroatoms. The van der Waals surface area contributed by atoms with Crippen molar-refractivity contribution in [2.45, 2.75) is 12.5 Å². The topological polar surface area (TPSA) is 102 Å². The first kappa shape index (κ1) is 14.8. The summed E-state index contributed by atoms with van der Waals surface area (Å²) in [5.41, 5.74) is -1.78. The third kappa shape index (κ3) is 3.38. The fourth-order valence-corrected chi connectivity index (χ4v) is 1.18. The number of likely N-dealkylation sites (N-methyl/N-ethyl adjacent to an activating group) is 1. The number of nitrogens with one attached hydrogen (secondary N) is 1. The maximum atomic E-state index is 13.5. The predicted molar refractivity (Wildman–Crippen MR) is 63.6 cm³/mol. The van der Waals surface area contributed by atoms with Gasteiger partial charge in [-0.25, -0.2) is 4.39 Å². The standard InChI is InChI=1S/C11H13FN2O5/c1-11(13-2,10(15)16)6-19-9-4-3-7(14(17)18)5-8(9)12/h3-5,13H,6H2,1-2H3,(H,15,16). The van der Waals surface area contributed by atoms with Gasteiger partial charge < -0.3 is 15.2 Å². The average Bonchev–Trinajstić information content (AvgIpc) is 2.36. The first-order valence-electron chi connectivity index (χ1n) is 5.29. The number of nitro groups is 1. The van der Waals surface area contributed by atoms with Gasteiger partial charge in [-0.1, -0.05) is 0 Å². The van der Waals surface area contributed by atoms with Crippen LogP contribution in [-0.2, 0) is 4.79 Å². The Bertz CT molecular complexity index is 508. The van der Waals surface area contributed by atoms with Crippen molar-refractivity contribution in [3.05, 3.63) is 34.1 Å². The number of carboxylic acids is 1. The monoisotopic (exact) mass is 272 g/mol. The van der Waals surface area contributed by atoms with Crippen LogP contribution >= 0.6 is 0 Å². The number of aliphatic carboxylic acids is 1. The van der Waals surface area contributed by atoms with Gasteiger partial charge in [-0.15, -0.1) is 0 Å². The van der Waals surface area contributed by atoms with Gasteiger partial charge in [0.15, 0.2) is 11.6 Å². The molecule has 0 saturated heterocycles. The predicted octanol–water partition coefficient (Wildman–Crippen LogP) is 1.18. The Labute approximate surface area is 108 Å². The number of rotatable bonds is 6. The number of nitrogens with zero attached hydrogens (tertiary/aromatic N) is 1. The summed E-state index contributed by atoms with van der Waals surface area (Å²) in [4.78, 5) is 20.7. The van der Waals surface area contributed by atoms with E-state index in [2.05, 4.69) is 5.32 Å². The van der Waals surface area contributed by atoms with Crippen LogP contribution in [0, 0.1) is 15.9 Å². The summed E-state index contributed by atoms with van der Waals surface area (Å²) in [5, 5.41) is 21.9. The highest BCUT2D eigenvalue weighted by Gasteiger charge is 2.32. The molecule has 1 unspecified atom stereocenters. The lowest BCUT2D eigenvalue weighted by molar-refractivity contribution is -0.385. The number of carbonyl (C=O) groups is 1. The highest BCUT2D eigenvalue weighted by atomic mass is 19.1. The van der Waals surface area contributed by atoms with E-state index in [4.69, 9.17) is 9.84 Å². The molecule has 104 valence electrons. The van der Waals surface area contributed by atoms with Gasteiger partial charge in [0.05, 0.1) is 11.0 Å². The van der Waals surface area contributed by atoms with E-state index in [0.29, 0.717) is 6.07 Å². The Morgan fingerprint density at radius 1 is 1.63 bits per heavy atom. The molecular formula is C11H13FN2O5. The van der Waals surface area contributed by atoms with Gasteiger partial charge in [-0.05, 0) is 20.0 Å². The molecule has 1 aromatic carbocycles. The number of ether oxygens (including phenoxy) is 1. The lowest BCUT2D eigenvalue weighted by Crippen LogP contribution is -2.52. The van der Waals surface area contributed by atoms with Gasteiger partial charge in [0.2, 0.25) is 0 Å². The third-order valence-electron chi connectivity index (χ3n) is 2.67. The van der Waals surface area contributed by atoms with Crippen molar-refractivity contribution in [3.8, 4) is 5.75 Å². The van der Waals surface area contributed by atoms with Gasteiger partial charge >= 0.3 is 5.97 Å². The number of nitro benzene ring substituents is 1. The number of hydrogen-bond acceptors (Lipinski definition) is 5. The summed E-state index contributed by atoms with van der Waals surface area (Å²) in [5.74, 6) is -2.32. The summed E-state index contributed by atoms with van der Waals surface area (Å²) in [6.07, 6.45) is 0. The molecule has 1 aromatic rings. The SMILES string of the molecule is CNC(C)(COc1ccc([N+](=O)[O-])cc1F)C(=O)O. The van der Waals surface area contributed by atoms with Crippen molar-refractivity contribution >= 4 is 11.7 Å². The summed E-state index contributed by atoms with van der Waals surface area (Å²) < 4.78 is 18.5. The smallest absolute Gasteiger partial charge is 0.327 e. The second-order valence-electron chi connectivity index (χ2n) is 4.05. The zero-order valence-electron chi connectivity index (χ0n) is 10.3. The van der Waals surface area contributed by atoms with Crippen LogP contribution in [-0.4, -0.2) is 35.2 Å². The lowest BCUT2D eigenvalue weighted by atomic mass is 10.1. The van der Waals surface area contributed by atoms with E-state index < -0.39 is 27.9 Å². The lowest BCUT2D eigenvalue weighted by Gasteiger charge is -2.24. The third-order valence-corrected chi connectivity index (χ3v) is 2.67.